The van der Waals surface area contributed by atoms with Crippen molar-refractivity contribution in [1.29, 1.82) is 0 Å². The molecule has 7 nitrogen and oxygen atoms in total. The van der Waals surface area contributed by atoms with Gasteiger partial charge in [-0.05, 0) is 24.3 Å². The van der Waals surface area contributed by atoms with E-state index >= 15 is 0 Å². The van der Waals surface area contributed by atoms with Gasteiger partial charge in [-0.15, -0.1) is 0 Å². The van der Waals surface area contributed by atoms with Crippen molar-refractivity contribution >= 4 is 15.9 Å². The zero-order valence-electron chi connectivity index (χ0n) is 14.6. The number of para-hydroxylation sites is 1. The Balaban J connectivity index is 1.49. The van der Waals surface area contributed by atoms with Crippen molar-refractivity contribution in [2.45, 2.75) is 4.90 Å². The van der Waals surface area contributed by atoms with Crippen LogP contribution in [0.1, 0.15) is 10.4 Å². The van der Waals surface area contributed by atoms with E-state index in [1.165, 1.54) is 4.90 Å². The molecule has 1 saturated heterocycles. The van der Waals surface area contributed by atoms with E-state index in [2.05, 4.69) is 0 Å². The Morgan fingerprint density at radius 3 is 2.46 bits per heavy atom. The predicted molar refractivity (Wildman–Crippen MR) is 93.6 cm³/mol. The van der Waals surface area contributed by atoms with E-state index in [4.69, 9.17) is 9.47 Å². The molecule has 2 aromatic rings. The minimum atomic E-state index is -4.12. The second-order valence-electron chi connectivity index (χ2n) is 6.31. The predicted octanol–water partition coefficient (Wildman–Crippen LogP) is 1.84. The fourth-order valence-electron chi connectivity index (χ4n) is 3.22. The number of amides is 1. The van der Waals surface area contributed by atoms with Crippen molar-refractivity contribution in [3.05, 3.63) is 53.6 Å². The van der Waals surface area contributed by atoms with Gasteiger partial charge in [-0.25, -0.2) is 17.2 Å². The summed E-state index contributed by atoms with van der Waals surface area (Å²) in [4.78, 5) is 13.7. The average molecular weight is 410 g/mol. The fraction of sp³-hybridized carbons (Fsp3) is 0.278. The van der Waals surface area contributed by atoms with Gasteiger partial charge < -0.3 is 14.4 Å². The van der Waals surface area contributed by atoms with Crippen LogP contribution in [0.3, 0.4) is 0 Å². The average Bonchev–Trinajstić information content (AvgIpc) is 3.16. The lowest BCUT2D eigenvalue weighted by Crippen LogP contribution is -2.50. The highest BCUT2D eigenvalue weighted by Crippen LogP contribution is 2.36. The molecule has 2 heterocycles. The molecule has 1 amide bonds. The van der Waals surface area contributed by atoms with Crippen LogP contribution < -0.4 is 9.47 Å². The summed E-state index contributed by atoms with van der Waals surface area (Å²) in [7, 11) is -4.12. The van der Waals surface area contributed by atoms with Gasteiger partial charge in [0.2, 0.25) is 16.8 Å². The summed E-state index contributed by atoms with van der Waals surface area (Å²) in [5.74, 6) is -1.44. The molecule has 4 rings (SSSR count). The lowest BCUT2D eigenvalue weighted by Gasteiger charge is -2.34. The van der Waals surface area contributed by atoms with Crippen LogP contribution in [-0.4, -0.2) is 56.5 Å². The minimum Gasteiger partial charge on any atom is -0.454 e. The van der Waals surface area contributed by atoms with Crippen LogP contribution in [0.15, 0.2) is 41.3 Å². The highest BCUT2D eigenvalue weighted by molar-refractivity contribution is 7.89. The second kappa shape index (κ2) is 7.02. The molecule has 2 aliphatic rings. The van der Waals surface area contributed by atoms with Gasteiger partial charge in [0, 0.05) is 32.2 Å². The Hall–Kier alpha value is -2.72. The topological polar surface area (TPSA) is 76.2 Å². The van der Waals surface area contributed by atoms with E-state index in [9.17, 15) is 22.0 Å². The molecule has 2 aromatic carbocycles. The summed E-state index contributed by atoms with van der Waals surface area (Å²) in [6.45, 7) is 0.292. The number of nitrogens with zero attached hydrogens (tertiary/aromatic N) is 2. The van der Waals surface area contributed by atoms with Crippen molar-refractivity contribution in [3.8, 4) is 11.5 Å². The van der Waals surface area contributed by atoms with Gasteiger partial charge in [-0.2, -0.15) is 4.31 Å². The Morgan fingerprint density at radius 1 is 1.00 bits per heavy atom. The fourth-order valence-corrected chi connectivity index (χ4v) is 4.69. The monoisotopic (exact) mass is 410 g/mol. The van der Waals surface area contributed by atoms with E-state index in [-0.39, 0.29) is 38.9 Å². The maximum atomic E-state index is 13.9. The molecule has 28 heavy (non-hydrogen) atoms. The van der Waals surface area contributed by atoms with Crippen LogP contribution in [0.5, 0.6) is 11.5 Å². The van der Waals surface area contributed by atoms with E-state index in [0.29, 0.717) is 23.1 Å². The van der Waals surface area contributed by atoms with Crippen LogP contribution in [0, 0.1) is 11.6 Å². The molecule has 0 bridgehead atoms. The van der Waals surface area contributed by atoms with E-state index < -0.39 is 26.6 Å². The minimum absolute atomic E-state index is 0.00271. The molecule has 1 fully saturated rings. The first-order chi connectivity index (χ1) is 13.4. The summed E-state index contributed by atoms with van der Waals surface area (Å²) in [5.41, 5.74) is 0.343. The molecule has 0 radical (unpaired) electrons. The maximum Gasteiger partial charge on any atom is 0.257 e. The normalized spacial score (nSPS) is 17.0. The van der Waals surface area contributed by atoms with Crippen molar-refractivity contribution in [1.82, 2.24) is 9.21 Å². The molecule has 0 saturated carbocycles. The third-order valence-electron chi connectivity index (χ3n) is 4.66. The first-order valence-corrected chi connectivity index (χ1v) is 9.95. The molecule has 148 valence electrons. The Kier molecular flexibility index (Phi) is 4.68. The van der Waals surface area contributed by atoms with Crippen molar-refractivity contribution in [3.63, 3.8) is 0 Å². The molecule has 0 N–H and O–H groups in total. The smallest absolute Gasteiger partial charge is 0.257 e. The summed E-state index contributed by atoms with van der Waals surface area (Å²) in [5, 5.41) is 0. The molecule has 0 aliphatic carbocycles. The zero-order chi connectivity index (χ0) is 19.9. The number of fused-ring (bicyclic) bond motifs is 1. The van der Waals surface area contributed by atoms with Crippen molar-refractivity contribution in [2.24, 2.45) is 0 Å². The lowest BCUT2D eigenvalue weighted by molar-refractivity contribution is 0.0693. The zero-order valence-corrected chi connectivity index (χ0v) is 15.4. The Bertz CT molecular complexity index is 1040. The summed E-state index contributed by atoms with van der Waals surface area (Å²) in [6, 6.07) is 7.33. The number of ether oxygens (including phenoxy) is 2. The third-order valence-corrected chi connectivity index (χ3v) is 6.60. The van der Waals surface area contributed by atoms with Crippen LogP contribution in [-0.2, 0) is 10.0 Å². The number of rotatable bonds is 3. The Labute approximate surface area is 160 Å². The Morgan fingerprint density at radius 2 is 1.75 bits per heavy atom. The van der Waals surface area contributed by atoms with E-state index in [1.807, 2.05) is 0 Å². The number of sulfonamides is 1. The van der Waals surface area contributed by atoms with Crippen molar-refractivity contribution < 1.29 is 31.5 Å². The molecule has 0 spiro atoms. The van der Waals surface area contributed by atoms with Gasteiger partial charge in [-0.3, -0.25) is 4.79 Å². The highest BCUT2D eigenvalue weighted by Gasteiger charge is 2.33. The molecule has 10 heteroatoms. The van der Waals surface area contributed by atoms with Crippen LogP contribution in [0.25, 0.3) is 0 Å². The number of piperazine rings is 1. The van der Waals surface area contributed by atoms with E-state index in [1.54, 1.807) is 18.2 Å². The summed E-state index contributed by atoms with van der Waals surface area (Å²) in [6.07, 6.45) is 0. The largest absolute Gasteiger partial charge is 0.454 e. The van der Waals surface area contributed by atoms with Gasteiger partial charge in [0.15, 0.2) is 11.5 Å². The summed E-state index contributed by atoms with van der Waals surface area (Å²) < 4.78 is 64.0. The van der Waals surface area contributed by atoms with Crippen molar-refractivity contribution in [2.75, 3.05) is 33.0 Å². The molecule has 0 aromatic heterocycles. The maximum absolute atomic E-state index is 13.9. The number of carbonyl (C=O) groups is 1. The molecular weight excluding hydrogens is 394 g/mol. The third kappa shape index (κ3) is 3.18. The highest BCUT2D eigenvalue weighted by atomic mass is 32.2. The van der Waals surface area contributed by atoms with Crippen LogP contribution in [0.2, 0.25) is 0 Å². The molecule has 0 unspecified atom stereocenters. The molecule has 2 aliphatic heterocycles. The standard InChI is InChI=1S/C18H16F2N2O5S/c19-12-4-5-16(14(20)10-12)28(24,25)22-8-6-21(7-9-22)18(23)13-2-1-3-15-17(13)27-11-26-15/h1-5,10H,6-9,11H2. The lowest BCUT2D eigenvalue weighted by atomic mass is 10.1. The summed E-state index contributed by atoms with van der Waals surface area (Å²) >= 11 is 0. The SMILES string of the molecule is O=C(c1cccc2c1OCO2)N1CCN(S(=O)(=O)c2ccc(F)cc2F)CC1. The number of hydrogen-bond donors (Lipinski definition) is 0. The van der Waals surface area contributed by atoms with Gasteiger partial charge >= 0.3 is 0 Å². The first-order valence-electron chi connectivity index (χ1n) is 8.51. The number of halogens is 2. The quantitative estimate of drug-likeness (QED) is 0.772. The van der Waals surface area contributed by atoms with E-state index in [0.717, 1.165) is 16.4 Å². The molecule has 0 atom stereocenters. The molecular formula is C18H16F2N2O5S. The van der Waals surface area contributed by atoms with Crippen LogP contribution in [0.4, 0.5) is 8.78 Å². The number of carbonyl (C=O) groups excluding carboxylic acids is 1. The first kappa shape index (κ1) is 18.6. The van der Waals surface area contributed by atoms with Gasteiger partial charge in [-0.1, -0.05) is 6.07 Å². The van der Waals surface area contributed by atoms with Gasteiger partial charge in [0.1, 0.15) is 16.5 Å². The van der Waals surface area contributed by atoms with Gasteiger partial charge in [0.05, 0.1) is 5.56 Å². The van der Waals surface area contributed by atoms with Gasteiger partial charge in [0.25, 0.3) is 5.91 Å². The second-order valence-corrected chi connectivity index (χ2v) is 8.22. The number of hydrogen-bond acceptors (Lipinski definition) is 5. The number of benzene rings is 2. The van der Waals surface area contributed by atoms with Crippen LogP contribution >= 0.6 is 0 Å².